The number of morpholine rings is 1. The van der Waals surface area contributed by atoms with Crippen molar-refractivity contribution in [3.05, 3.63) is 18.6 Å². The molecule has 3 rings (SSSR count). The normalized spacial score (nSPS) is 23.2. The molecule has 3 heterocycles. The summed E-state index contributed by atoms with van der Waals surface area (Å²) in [5.74, 6) is 1.78. The topological polar surface area (TPSA) is 54.7 Å². The van der Waals surface area contributed by atoms with Crippen LogP contribution in [0.4, 0.5) is 11.6 Å². The molecule has 0 amide bonds. The van der Waals surface area contributed by atoms with Crippen molar-refractivity contribution in [1.29, 1.82) is 0 Å². The van der Waals surface area contributed by atoms with Crippen molar-refractivity contribution < 1.29 is 4.74 Å². The van der Waals surface area contributed by atoms with Crippen LogP contribution in [0.25, 0.3) is 5.65 Å². The van der Waals surface area contributed by atoms with Crippen molar-refractivity contribution in [1.82, 2.24) is 14.4 Å². The quantitative estimate of drug-likeness (QED) is 0.925. The molecule has 0 aromatic carbocycles. The van der Waals surface area contributed by atoms with Crippen molar-refractivity contribution in [3.63, 3.8) is 0 Å². The smallest absolute Gasteiger partial charge is 0.180 e. The van der Waals surface area contributed by atoms with Gasteiger partial charge in [-0.2, -0.15) is 0 Å². The molecule has 0 spiro atoms. The van der Waals surface area contributed by atoms with Crippen LogP contribution in [0.1, 0.15) is 20.3 Å². The summed E-state index contributed by atoms with van der Waals surface area (Å²) < 4.78 is 7.79. The summed E-state index contributed by atoms with van der Waals surface area (Å²) in [6.45, 7) is 5.88. The van der Waals surface area contributed by atoms with Gasteiger partial charge in [-0.1, -0.05) is 6.92 Å². The van der Waals surface area contributed by atoms with Crippen LogP contribution in [0.5, 0.6) is 0 Å². The maximum absolute atomic E-state index is 5.77. The maximum Gasteiger partial charge on any atom is 0.180 e. The lowest BCUT2D eigenvalue weighted by molar-refractivity contribution is 0.0297. The fraction of sp³-hybridized carbons (Fsp3) is 0.571. The molecular formula is C14H21N5O. The van der Waals surface area contributed by atoms with E-state index in [2.05, 4.69) is 29.0 Å². The van der Waals surface area contributed by atoms with Crippen LogP contribution in [0.2, 0.25) is 0 Å². The minimum Gasteiger partial charge on any atom is -0.375 e. The van der Waals surface area contributed by atoms with E-state index in [1.165, 1.54) is 0 Å². The molecule has 2 atom stereocenters. The molecule has 0 saturated carbocycles. The van der Waals surface area contributed by atoms with Gasteiger partial charge in [0.1, 0.15) is 5.82 Å². The van der Waals surface area contributed by atoms with E-state index in [0.29, 0.717) is 6.04 Å². The Balaban J connectivity index is 2.08. The number of nitrogens with one attached hydrogen (secondary N) is 1. The van der Waals surface area contributed by atoms with Crippen LogP contribution in [-0.2, 0) is 4.74 Å². The van der Waals surface area contributed by atoms with Crippen molar-refractivity contribution in [2.45, 2.75) is 32.4 Å². The van der Waals surface area contributed by atoms with Gasteiger partial charge in [-0.15, -0.1) is 0 Å². The number of hydrogen-bond donors (Lipinski definition) is 1. The van der Waals surface area contributed by atoms with E-state index in [-0.39, 0.29) is 6.10 Å². The van der Waals surface area contributed by atoms with Crippen LogP contribution in [-0.4, -0.2) is 46.7 Å². The third-order valence-corrected chi connectivity index (χ3v) is 3.82. The summed E-state index contributed by atoms with van der Waals surface area (Å²) in [6, 6.07) is 0.353. The third-order valence-electron chi connectivity index (χ3n) is 3.82. The van der Waals surface area contributed by atoms with Crippen molar-refractivity contribution in [2.75, 3.05) is 30.4 Å². The molecule has 2 unspecified atom stereocenters. The molecule has 2 aromatic rings. The first-order chi connectivity index (χ1) is 9.72. The molecule has 1 aliphatic heterocycles. The standard InChI is InChI=1S/C14H21N5O/c1-4-11-9-20-10(2)7-19(11)14-13-16-5-6-18(13)8-12(15-3)17-14/h5-6,8,10-11,15H,4,7,9H2,1-3H3. The number of ether oxygens (including phenoxy) is 1. The van der Waals surface area contributed by atoms with E-state index in [4.69, 9.17) is 9.72 Å². The van der Waals surface area contributed by atoms with Crippen molar-refractivity contribution >= 4 is 17.3 Å². The summed E-state index contributed by atoms with van der Waals surface area (Å²) in [5, 5.41) is 3.11. The molecule has 1 N–H and O–H groups in total. The van der Waals surface area contributed by atoms with Gasteiger partial charge in [0.05, 0.1) is 24.9 Å². The zero-order valence-corrected chi connectivity index (χ0v) is 12.2. The van der Waals surface area contributed by atoms with Crippen LogP contribution >= 0.6 is 0 Å². The SMILES string of the molecule is CCC1COC(C)CN1c1nc(NC)cn2ccnc12. The molecule has 2 aromatic heterocycles. The van der Waals surface area contributed by atoms with E-state index in [9.17, 15) is 0 Å². The number of hydrogen-bond acceptors (Lipinski definition) is 5. The Bertz CT molecular complexity index is 596. The monoisotopic (exact) mass is 275 g/mol. The average molecular weight is 275 g/mol. The highest BCUT2D eigenvalue weighted by Gasteiger charge is 2.28. The van der Waals surface area contributed by atoms with Gasteiger partial charge in [0, 0.05) is 26.0 Å². The van der Waals surface area contributed by atoms with E-state index < -0.39 is 0 Å². The third kappa shape index (κ3) is 2.20. The Hall–Kier alpha value is -1.82. The first kappa shape index (κ1) is 13.2. The van der Waals surface area contributed by atoms with E-state index >= 15 is 0 Å². The summed E-state index contributed by atoms with van der Waals surface area (Å²) in [7, 11) is 1.88. The minimum atomic E-state index is 0.216. The lowest BCUT2D eigenvalue weighted by Gasteiger charge is -2.39. The van der Waals surface area contributed by atoms with Gasteiger partial charge < -0.3 is 19.4 Å². The average Bonchev–Trinajstić information content (AvgIpc) is 2.94. The molecule has 20 heavy (non-hydrogen) atoms. The fourth-order valence-corrected chi connectivity index (χ4v) is 2.67. The zero-order valence-electron chi connectivity index (χ0n) is 12.2. The first-order valence-corrected chi connectivity index (χ1v) is 7.12. The fourth-order valence-electron chi connectivity index (χ4n) is 2.67. The van der Waals surface area contributed by atoms with Gasteiger partial charge in [0.2, 0.25) is 0 Å². The van der Waals surface area contributed by atoms with Crippen molar-refractivity contribution in [2.24, 2.45) is 0 Å². The Morgan fingerprint density at radius 3 is 3.10 bits per heavy atom. The van der Waals surface area contributed by atoms with E-state index in [1.807, 2.05) is 30.0 Å². The Kier molecular flexibility index (Phi) is 3.48. The maximum atomic E-state index is 5.77. The van der Waals surface area contributed by atoms with Gasteiger partial charge in [-0.3, -0.25) is 0 Å². The molecule has 108 valence electrons. The van der Waals surface area contributed by atoms with E-state index in [1.54, 1.807) is 0 Å². The zero-order chi connectivity index (χ0) is 14.1. The highest BCUT2D eigenvalue weighted by atomic mass is 16.5. The number of anilines is 2. The lowest BCUT2D eigenvalue weighted by Crippen LogP contribution is -2.49. The predicted octanol–water partition coefficient (Wildman–Crippen LogP) is 1.77. The molecule has 1 fully saturated rings. The molecule has 6 heteroatoms. The highest BCUT2D eigenvalue weighted by Crippen LogP contribution is 2.26. The van der Waals surface area contributed by atoms with Crippen LogP contribution in [0, 0.1) is 0 Å². The van der Waals surface area contributed by atoms with Crippen molar-refractivity contribution in [3.8, 4) is 0 Å². The molecule has 1 aliphatic rings. The second-order valence-corrected chi connectivity index (χ2v) is 5.22. The second kappa shape index (κ2) is 5.28. The van der Waals surface area contributed by atoms with Gasteiger partial charge >= 0.3 is 0 Å². The molecular weight excluding hydrogens is 254 g/mol. The molecule has 0 aliphatic carbocycles. The largest absolute Gasteiger partial charge is 0.375 e. The Morgan fingerprint density at radius 2 is 2.35 bits per heavy atom. The number of aromatic nitrogens is 3. The molecule has 0 radical (unpaired) electrons. The molecule has 1 saturated heterocycles. The summed E-state index contributed by atoms with van der Waals surface area (Å²) in [6.07, 6.45) is 6.96. The lowest BCUT2D eigenvalue weighted by atomic mass is 10.1. The van der Waals surface area contributed by atoms with Crippen LogP contribution in [0.3, 0.4) is 0 Å². The predicted molar refractivity (Wildman–Crippen MR) is 79.4 cm³/mol. The van der Waals surface area contributed by atoms with Crippen LogP contribution in [0.15, 0.2) is 18.6 Å². The molecule has 0 bridgehead atoms. The van der Waals surface area contributed by atoms with Gasteiger partial charge in [-0.05, 0) is 13.3 Å². The summed E-state index contributed by atoms with van der Waals surface area (Å²) in [5.41, 5.74) is 0.900. The number of imidazole rings is 1. The Morgan fingerprint density at radius 1 is 1.50 bits per heavy atom. The summed E-state index contributed by atoms with van der Waals surface area (Å²) in [4.78, 5) is 11.5. The number of nitrogens with zero attached hydrogens (tertiary/aromatic N) is 4. The number of fused-ring (bicyclic) bond motifs is 1. The Labute approximate surface area is 118 Å². The van der Waals surface area contributed by atoms with Crippen LogP contribution < -0.4 is 10.2 Å². The van der Waals surface area contributed by atoms with E-state index in [0.717, 1.165) is 36.9 Å². The minimum absolute atomic E-state index is 0.216. The number of rotatable bonds is 3. The summed E-state index contributed by atoms with van der Waals surface area (Å²) >= 11 is 0. The first-order valence-electron chi connectivity index (χ1n) is 7.12. The van der Waals surface area contributed by atoms with Gasteiger partial charge in [0.25, 0.3) is 0 Å². The van der Waals surface area contributed by atoms with Gasteiger partial charge in [-0.25, -0.2) is 9.97 Å². The van der Waals surface area contributed by atoms with Gasteiger partial charge in [0.15, 0.2) is 11.5 Å². The molecule has 6 nitrogen and oxygen atoms in total. The highest BCUT2D eigenvalue weighted by molar-refractivity contribution is 5.67. The second-order valence-electron chi connectivity index (χ2n) is 5.22.